The van der Waals surface area contributed by atoms with Crippen LogP contribution in [0.4, 0.5) is 9.18 Å². The Morgan fingerprint density at radius 2 is 2.00 bits per heavy atom. The van der Waals surface area contributed by atoms with E-state index in [2.05, 4.69) is 10.6 Å². The summed E-state index contributed by atoms with van der Waals surface area (Å²) in [6.07, 6.45) is 0. The van der Waals surface area contributed by atoms with Crippen LogP contribution in [0.15, 0.2) is 48.5 Å². The van der Waals surface area contributed by atoms with Crippen molar-refractivity contribution in [2.24, 2.45) is 0 Å². The number of hydrogen-bond donors (Lipinski definition) is 2. The lowest BCUT2D eigenvalue weighted by molar-refractivity contribution is 0.233. The van der Waals surface area contributed by atoms with Crippen LogP contribution in [0.2, 0.25) is 5.02 Å². The molecule has 0 saturated carbocycles. The second-order valence-corrected chi connectivity index (χ2v) is 5.36. The summed E-state index contributed by atoms with van der Waals surface area (Å²) in [5, 5.41) is 5.73. The quantitative estimate of drug-likeness (QED) is 0.786. The van der Waals surface area contributed by atoms with Crippen LogP contribution in [0, 0.1) is 5.82 Å². The summed E-state index contributed by atoms with van der Waals surface area (Å²) in [6.45, 7) is 2.45. The van der Waals surface area contributed by atoms with Crippen LogP contribution >= 0.6 is 11.6 Å². The molecule has 2 amide bonds. The van der Waals surface area contributed by atoms with Crippen molar-refractivity contribution in [3.8, 4) is 5.75 Å². The fourth-order valence-corrected chi connectivity index (χ4v) is 2.21. The molecule has 0 saturated heterocycles. The third-order valence-electron chi connectivity index (χ3n) is 3.19. The molecule has 0 aliphatic rings. The van der Waals surface area contributed by atoms with Gasteiger partial charge in [-0.2, -0.15) is 0 Å². The van der Waals surface area contributed by atoms with Gasteiger partial charge >= 0.3 is 6.03 Å². The third-order valence-corrected chi connectivity index (χ3v) is 3.48. The summed E-state index contributed by atoms with van der Waals surface area (Å²) in [5.41, 5.74) is 1.02. The van der Waals surface area contributed by atoms with E-state index in [1.165, 1.54) is 18.2 Å². The van der Waals surface area contributed by atoms with Crippen LogP contribution < -0.4 is 15.4 Å². The van der Waals surface area contributed by atoms with Gasteiger partial charge in [0.25, 0.3) is 0 Å². The first-order valence-corrected chi connectivity index (χ1v) is 7.61. The Bertz CT molecular complexity index is 652. The minimum Gasteiger partial charge on any atom is -0.490 e. The second kappa shape index (κ2) is 8.39. The molecular weight excluding hydrogens is 319 g/mol. The smallest absolute Gasteiger partial charge is 0.315 e. The number of amides is 2. The van der Waals surface area contributed by atoms with Crippen LogP contribution in [0.25, 0.3) is 0 Å². The topological polar surface area (TPSA) is 50.4 Å². The Labute approximate surface area is 139 Å². The van der Waals surface area contributed by atoms with Gasteiger partial charge in [-0.3, -0.25) is 0 Å². The van der Waals surface area contributed by atoms with E-state index in [1.807, 2.05) is 37.3 Å². The van der Waals surface area contributed by atoms with Crippen molar-refractivity contribution in [2.75, 3.05) is 13.2 Å². The van der Waals surface area contributed by atoms with Gasteiger partial charge in [-0.1, -0.05) is 41.9 Å². The van der Waals surface area contributed by atoms with Gasteiger partial charge < -0.3 is 15.4 Å². The van der Waals surface area contributed by atoms with Crippen LogP contribution in [-0.2, 0) is 0 Å². The Morgan fingerprint density at radius 1 is 1.26 bits per heavy atom. The molecule has 1 unspecified atom stereocenters. The lowest BCUT2D eigenvalue weighted by Crippen LogP contribution is -2.38. The zero-order valence-electron chi connectivity index (χ0n) is 12.7. The van der Waals surface area contributed by atoms with Crippen molar-refractivity contribution < 1.29 is 13.9 Å². The standard InChI is InChI=1S/C17H18ClFN2O2/c1-12(13-5-3-2-4-6-13)21-17(22)20-9-10-23-16-8-7-14(19)11-15(16)18/h2-8,11-12H,9-10H2,1H3,(H2,20,21,22). The van der Waals surface area contributed by atoms with Crippen LogP contribution in [0.1, 0.15) is 18.5 Å². The first-order chi connectivity index (χ1) is 11.1. The van der Waals surface area contributed by atoms with Gasteiger partial charge in [0.1, 0.15) is 18.2 Å². The highest BCUT2D eigenvalue weighted by Crippen LogP contribution is 2.24. The summed E-state index contributed by atoms with van der Waals surface area (Å²) in [5.74, 6) is -0.0392. The Balaban J connectivity index is 1.70. The summed E-state index contributed by atoms with van der Waals surface area (Å²) in [4.78, 5) is 11.8. The fourth-order valence-electron chi connectivity index (χ4n) is 1.99. The van der Waals surface area contributed by atoms with E-state index >= 15 is 0 Å². The maximum Gasteiger partial charge on any atom is 0.315 e. The largest absolute Gasteiger partial charge is 0.490 e. The molecule has 0 aliphatic carbocycles. The molecule has 2 rings (SSSR count). The monoisotopic (exact) mass is 336 g/mol. The van der Waals surface area contributed by atoms with Crippen molar-refractivity contribution in [2.45, 2.75) is 13.0 Å². The minimum atomic E-state index is -0.422. The highest BCUT2D eigenvalue weighted by Gasteiger charge is 2.08. The molecule has 122 valence electrons. The molecule has 0 aromatic heterocycles. The first kappa shape index (κ1) is 17.1. The SMILES string of the molecule is CC(NC(=O)NCCOc1ccc(F)cc1Cl)c1ccccc1. The second-order valence-electron chi connectivity index (χ2n) is 4.96. The Morgan fingerprint density at radius 3 is 2.70 bits per heavy atom. The van der Waals surface area contributed by atoms with Gasteiger partial charge in [-0.15, -0.1) is 0 Å². The van der Waals surface area contributed by atoms with Crippen molar-refractivity contribution in [3.05, 3.63) is 64.9 Å². The van der Waals surface area contributed by atoms with E-state index in [9.17, 15) is 9.18 Å². The van der Waals surface area contributed by atoms with Gasteiger partial charge in [-0.05, 0) is 30.7 Å². The van der Waals surface area contributed by atoms with E-state index in [-0.39, 0.29) is 23.7 Å². The molecular formula is C17H18ClFN2O2. The highest BCUT2D eigenvalue weighted by atomic mass is 35.5. The number of carbonyl (C=O) groups excluding carboxylic acids is 1. The summed E-state index contributed by atoms with van der Waals surface area (Å²) in [6, 6.07) is 13.2. The number of ether oxygens (including phenoxy) is 1. The lowest BCUT2D eigenvalue weighted by Gasteiger charge is -2.15. The fraction of sp³-hybridized carbons (Fsp3) is 0.235. The zero-order chi connectivity index (χ0) is 16.7. The van der Waals surface area contributed by atoms with E-state index in [0.29, 0.717) is 12.3 Å². The van der Waals surface area contributed by atoms with E-state index in [1.54, 1.807) is 0 Å². The molecule has 0 bridgehead atoms. The van der Waals surface area contributed by atoms with Crippen LogP contribution in [-0.4, -0.2) is 19.2 Å². The summed E-state index contributed by atoms with van der Waals surface area (Å²) >= 11 is 5.84. The Hall–Kier alpha value is -2.27. The van der Waals surface area contributed by atoms with E-state index < -0.39 is 5.82 Å². The molecule has 0 spiro atoms. The van der Waals surface area contributed by atoms with E-state index in [0.717, 1.165) is 5.56 Å². The van der Waals surface area contributed by atoms with Gasteiger partial charge in [0.05, 0.1) is 17.6 Å². The molecule has 6 heteroatoms. The summed E-state index contributed by atoms with van der Waals surface area (Å²) < 4.78 is 18.3. The molecule has 0 aliphatic heterocycles. The number of nitrogens with one attached hydrogen (secondary N) is 2. The molecule has 0 heterocycles. The number of urea groups is 1. The van der Waals surface area contributed by atoms with Gasteiger partial charge in [-0.25, -0.2) is 9.18 Å². The molecule has 2 aromatic rings. The number of halogens is 2. The number of benzene rings is 2. The highest BCUT2D eigenvalue weighted by molar-refractivity contribution is 6.32. The first-order valence-electron chi connectivity index (χ1n) is 7.23. The number of hydrogen-bond acceptors (Lipinski definition) is 2. The van der Waals surface area contributed by atoms with Crippen molar-refractivity contribution in [3.63, 3.8) is 0 Å². The number of rotatable bonds is 6. The van der Waals surface area contributed by atoms with Gasteiger partial charge in [0, 0.05) is 0 Å². The van der Waals surface area contributed by atoms with Gasteiger partial charge in [0.2, 0.25) is 0 Å². The zero-order valence-corrected chi connectivity index (χ0v) is 13.4. The van der Waals surface area contributed by atoms with Gasteiger partial charge in [0.15, 0.2) is 0 Å². The van der Waals surface area contributed by atoms with Crippen LogP contribution in [0.3, 0.4) is 0 Å². The van der Waals surface area contributed by atoms with Crippen molar-refractivity contribution in [1.82, 2.24) is 10.6 Å². The normalized spacial score (nSPS) is 11.6. The lowest BCUT2D eigenvalue weighted by atomic mass is 10.1. The maximum atomic E-state index is 12.9. The average Bonchev–Trinajstić information content (AvgIpc) is 2.54. The molecule has 23 heavy (non-hydrogen) atoms. The molecule has 0 radical (unpaired) electrons. The molecule has 2 aromatic carbocycles. The maximum absolute atomic E-state index is 12.9. The van der Waals surface area contributed by atoms with Crippen LogP contribution in [0.5, 0.6) is 5.75 Å². The summed E-state index contributed by atoms with van der Waals surface area (Å²) in [7, 11) is 0. The molecule has 1 atom stereocenters. The van der Waals surface area contributed by atoms with Crippen molar-refractivity contribution >= 4 is 17.6 Å². The number of carbonyl (C=O) groups is 1. The third kappa shape index (κ3) is 5.45. The predicted octanol–water partition coefficient (Wildman–Crippen LogP) is 3.92. The molecule has 2 N–H and O–H groups in total. The molecule has 0 fully saturated rings. The van der Waals surface area contributed by atoms with E-state index in [4.69, 9.17) is 16.3 Å². The van der Waals surface area contributed by atoms with Crippen molar-refractivity contribution in [1.29, 1.82) is 0 Å². The predicted molar refractivity (Wildman–Crippen MR) is 88.3 cm³/mol. The Kier molecular flexibility index (Phi) is 6.23. The minimum absolute atomic E-state index is 0.0938. The average molecular weight is 337 g/mol. The molecule has 4 nitrogen and oxygen atoms in total.